The molecule has 0 spiro atoms. The summed E-state index contributed by atoms with van der Waals surface area (Å²) in [7, 11) is 0. The highest BCUT2D eigenvalue weighted by molar-refractivity contribution is 5.30. The summed E-state index contributed by atoms with van der Waals surface area (Å²) in [5.74, 6) is 1.92. The van der Waals surface area contributed by atoms with Crippen LogP contribution in [0.4, 0.5) is 0 Å². The first-order chi connectivity index (χ1) is 9.19. The average molecular weight is 259 g/mol. The molecule has 19 heavy (non-hydrogen) atoms. The van der Waals surface area contributed by atoms with Crippen molar-refractivity contribution in [1.29, 1.82) is 0 Å². The average Bonchev–Trinajstić information content (AvgIpc) is 2.43. The van der Waals surface area contributed by atoms with Crippen molar-refractivity contribution < 1.29 is 0 Å². The fraction of sp³-hybridized carbons (Fsp3) is 0.667. The van der Waals surface area contributed by atoms with Gasteiger partial charge in [0.05, 0.1) is 0 Å². The Labute approximate surface area is 118 Å². The van der Waals surface area contributed by atoms with Crippen molar-refractivity contribution >= 4 is 0 Å². The Morgan fingerprint density at radius 1 is 1.05 bits per heavy atom. The quantitative estimate of drug-likeness (QED) is 0.814. The van der Waals surface area contributed by atoms with E-state index in [0.717, 1.165) is 18.4 Å². The summed E-state index contributed by atoms with van der Waals surface area (Å²) in [4.78, 5) is 0. The lowest BCUT2D eigenvalue weighted by Gasteiger charge is -2.28. The van der Waals surface area contributed by atoms with Crippen molar-refractivity contribution in [3.05, 3.63) is 34.9 Å². The van der Waals surface area contributed by atoms with Crippen LogP contribution in [0.15, 0.2) is 18.2 Å². The summed E-state index contributed by atoms with van der Waals surface area (Å²) >= 11 is 0. The van der Waals surface area contributed by atoms with E-state index in [2.05, 4.69) is 44.3 Å². The van der Waals surface area contributed by atoms with E-state index in [1.54, 1.807) is 0 Å². The molecule has 0 bridgehead atoms. The third kappa shape index (κ3) is 4.35. The zero-order valence-corrected chi connectivity index (χ0v) is 12.8. The highest BCUT2D eigenvalue weighted by Crippen LogP contribution is 2.30. The second kappa shape index (κ2) is 7.09. The first-order valence-corrected chi connectivity index (χ1v) is 7.96. The van der Waals surface area contributed by atoms with Gasteiger partial charge in [-0.15, -0.1) is 0 Å². The van der Waals surface area contributed by atoms with E-state index in [1.807, 2.05) is 0 Å². The maximum absolute atomic E-state index is 3.67. The minimum atomic E-state index is 0.910. The van der Waals surface area contributed by atoms with E-state index in [-0.39, 0.29) is 0 Å². The van der Waals surface area contributed by atoms with Crippen molar-refractivity contribution in [2.75, 3.05) is 6.54 Å². The molecule has 0 radical (unpaired) electrons. The topological polar surface area (TPSA) is 12.0 Å². The fourth-order valence-electron chi connectivity index (χ4n) is 3.25. The van der Waals surface area contributed by atoms with Gasteiger partial charge in [0.1, 0.15) is 0 Å². The Bertz CT molecular complexity index is 389. The van der Waals surface area contributed by atoms with Crippen molar-refractivity contribution in [1.82, 2.24) is 5.32 Å². The largest absolute Gasteiger partial charge is 0.312 e. The Hall–Kier alpha value is -0.820. The molecule has 1 N–H and O–H groups in total. The third-order valence-electron chi connectivity index (χ3n) is 4.80. The van der Waals surface area contributed by atoms with Crippen LogP contribution in [0, 0.1) is 25.7 Å². The molecule has 1 aliphatic carbocycles. The molecular weight excluding hydrogens is 230 g/mol. The maximum Gasteiger partial charge on any atom is 0.0208 e. The molecule has 1 aromatic carbocycles. The summed E-state index contributed by atoms with van der Waals surface area (Å²) in [5.41, 5.74) is 4.24. The van der Waals surface area contributed by atoms with Gasteiger partial charge in [-0.25, -0.2) is 0 Å². The number of rotatable bonds is 5. The summed E-state index contributed by atoms with van der Waals surface area (Å²) in [5, 5.41) is 3.67. The molecule has 0 saturated heterocycles. The lowest BCUT2D eigenvalue weighted by Crippen LogP contribution is -2.26. The Morgan fingerprint density at radius 2 is 1.74 bits per heavy atom. The van der Waals surface area contributed by atoms with Gasteiger partial charge in [-0.1, -0.05) is 49.9 Å². The molecule has 1 aromatic rings. The van der Waals surface area contributed by atoms with Crippen molar-refractivity contribution in [2.24, 2.45) is 11.8 Å². The standard InChI is InChI=1S/C18H29N/c1-4-16-7-9-17(10-8-16)12-19-13-18-11-14(2)5-6-15(18)3/h5-6,11,16-17,19H,4,7-10,12-13H2,1-3H3. The molecule has 1 nitrogen and oxygen atoms in total. The molecule has 1 heteroatoms. The smallest absolute Gasteiger partial charge is 0.0208 e. The zero-order valence-electron chi connectivity index (χ0n) is 12.8. The monoisotopic (exact) mass is 259 g/mol. The van der Waals surface area contributed by atoms with Gasteiger partial charge in [-0.05, 0) is 56.2 Å². The second-order valence-electron chi connectivity index (χ2n) is 6.36. The van der Waals surface area contributed by atoms with Gasteiger partial charge < -0.3 is 5.32 Å². The number of hydrogen-bond acceptors (Lipinski definition) is 1. The third-order valence-corrected chi connectivity index (χ3v) is 4.80. The van der Waals surface area contributed by atoms with E-state index >= 15 is 0 Å². The lowest BCUT2D eigenvalue weighted by molar-refractivity contribution is 0.262. The van der Waals surface area contributed by atoms with E-state index < -0.39 is 0 Å². The first-order valence-electron chi connectivity index (χ1n) is 7.96. The SMILES string of the molecule is CCC1CCC(CNCc2cc(C)ccc2C)CC1. The van der Waals surface area contributed by atoms with Gasteiger partial charge in [-0.3, -0.25) is 0 Å². The molecule has 0 unspecified atom stereocenters. The Kier molecular flexibility index (Phi) is 5.45. The molecule has 1 fully saturated rings. The number of nitrogens with one attached hydrogen (secondary N) is 1. The van der Waals surface area contributed by atoms with Gasteiger partial charge in [0.15, 0.2) is 0 Å². The number of benzene rings is 1. The van der Waals surface area contributed by atoms with Gasteiger partial charge in [0, 0.05) is 6.54 Å². The molecule has 0 aliphatic heterocycles. The Balaban J connectivity index is 1.73. The predicted octanol–water partition coefficient (Wildman–Crippen LogP) is 4.61. The van der Waals surface area contributed by atoms with Gasteiger partial charge in [0.25, 0.3) is 0 Å². The normalized spacial score (nSPS) is 23.5. The van der Waals surface area contributed by atoms with E-state index in [4.69, 9.17) is 0 Å². The van der Waals surface area contributed by atoms with Crippen LogP contribution in [0.2, 0.25) is 0 Å². The summed E-state index contributed by atoms with van der Waals surface area (Å²) in [6, 6.07) is 6.75. The summed E-state index contributed by atoms with van der Waals surface area (Å²) < 4.78 is 0. The molecule has 2 rings (SSSR count). The highest BCUT2D eigenvalue weighted by atomic mass is 14.9. The van der Waals surface area contributed by atoms with Crippen molar-refractivity contribution in [3.8, 4) is 0 Å². The molecule has 0 aromatic heterocycles. The van der Waals surface area contributed by atoms with Gasteiger partial charge in [0.2, 0.25) is 0 Å². The van der Waals surface area contributed by atoms with Crippen LogP contribution in [0.5, 0.6) is 0 Å². The van der Waals surface area contributed by atoms with Crippen molar-refractivity contribution in [2.45, 2.75) is 59.4 Å². The van der Waals surface area contributed by atoms with Crippen LogP contribution < -0.4 is 5.32 Å². The molecule has 0 atom stereocenters. The molecule has 106 valence electrons. The van der Waals surface area contributed by atoms with Crippen LogP contribution in [0.1, 0.15) is 55.7 Å². The minimum absolute atomic E-state index is 0.910. The Morgan fingerprint density at radius 3 is 2.42 bits per heavy atom. The van der Waals surface area contributed by atoms with Crippen LogP contribution in [-0.2, 0) is 6.54 Å². The molecule has 1 saturated carbocycles. The number of aryl methyl sites for hydroxylation is 2. The minimum Gasteiger partial charge on any atom is -0.312 e. The molecule has 1 aliphatic rings. The van der Waals surface area contributed by atoms with Gasteiger partial charge >= 0.3 is 0 Å². The summed E-state index contributed by atoms with van der Waals surface area (Å²) in [6.45, 7) is 8.95. The van der Waals surface area contributed by atoms with E-state index in [9.17, 15) is 0 Å². The van der Waals surface area contributed by atoms with Crippen molar-refractivity contribution in [3.63, 3.8) is 0 Å². The summed E-state index contributed by atoms with van der Waals surface area (Å²) in [6.07, 6.45) is 7.14. The van der Waals surface area contributed by atoms with Crippen LogP contribution >= 0.6 is 0 Å². The van der Waals surface area contributed by atoms with Crippen LogP contribution in [0.25, 0.3) is 0 Å². The molecule has 0 amide bonds. The lowest BCUT2D eigenvalue weighted by atomic mass is 9.81. The number of hydrogen-bond donors (Lipinski definition) is 1. The molecular formula is C18H29N. The fourth-order valence-corrected chi connectivity index (χ4v) is 3.25. The second-order valence-corrected chi connectivity index (χ2v) is 6.36. The zero-order chi connectivity index (χ0) is 13.7. The maximum atomic E-state index is 3.67. The van der Waals surface area contributed by atoms with Gasteiger partial charge in [-0.2, -0.15) is 0 Å². The highest BCUT2D eigenvalue weighted by Gasteiger charge is 2.19. The van der Waals surface area contributed by atoms with E-state index in [1.165, 1.54) is 55.3 Å². The van der Waals surface area contributed by atoms with Crippen LogP contribution in [-0.4, -0.2) is 6.54 Å². The van der Waals surface area contributed by atoms with Crippen LogP contribution in [0.3, 0.4) is 0 Å². The first kappa shape index (κ1) is 14.6. The predicted molar refractivity (Wildman–Crippen MR) is 83.4 cm³/mol. The van der Waals surface area contributed by atoms with E-state index in [0.29, 0.717) is 0 Å². The molecule has 0 heterocycles.